The molecule has 0 spiro atoms. The van der Waals surface area contributed by atoms with Gasteiger partial charge in [-0.25, -0.2) is 0 Å². The molecule has 1 aliphatic carbocycles. The van der Waals surface area contributed by atoms with E-state index in [-0.39, 0.29) is 28.2 Å². The lowest BCUT2D eigenvalue weighted by Gasteiger charge is -2.17. The second kappa shape index (κ2) is 8.87. The van der Waals surface area contributed by atoms with Gasteiger partial charge in [0.1, 0.15) is 11.5 Å². The van der Waals surface area contributed by atoms with E-state index in [9.17, 15) is 19.8 Å². The maximum absolute atomic E-state index is 12.8. The topological polar surface area (TPSA) is 74.6 Å². The van der Waals surface area contributed by atoms with E-state index < -0.39 is 11.6 Å². The van der Waals surface area contributed by atoms with Crippen LogP contribution in [0.25, 0.3) is 5.57 Å². The maximum Gasteiger partial charge on any atom is 0.198 e. The van der Waals surface area contributed by atoms with E-state index >= 15 is 0 Å². The molecule has 4 heteroatoms. The molecular formula is C24H26O4. The second-order valence-electron chi connectivity index (χ2n) is 7.32. The van der Waals surface area contributed by atoms with Crippen molar-refractivity contribution >= 4 is 17.1 Å². The largest absolute Gasteiger partial charge is 0.507 e. The molecule has 0 fully saturated rings. The number of fused-ring (bicyclic) bond motifs is 1. The lowest BCUT2D eigenvalue weighted by Crippen LogP contribution is -2.16. The van der Waals surface area contributed by atoms with Crippen molar-refractivity contribution in [3.05, 3.63) is 64.7 Å². The molecule has 0 bridgehead atoms. The van der Waals surface area contributed by atoms with Gasteiger partial charge >= 0.3 is 0 Å². The zero-order chi connectivity index (χ0) is 20.1. The van der Waals surface area contributed by atoms with Crippen LogP contribution in [0.1, 0.15) is 77.3 Å². The standard InChI is InChI=1S/C24H26O4/c1-2-3-4-5-6-7-8-16-9-11-17(12-10-16)18-15-21(27)22-19(25)13-14-20(26)23(22)24(18)28/h9-15,25-26H,2-8H2,1H3. The number of aryl methyl sites for hydroxylation is 1. The SMILES string of the molecule is CCCCCCCCc1ccc(C2=CC(=O)c3c(O)ccc(O)c3C2=O)cc1. The van der Waals surface area contributed by atoms with Crippen LogP contribution in [0.15, 0.2) is 42.5 Å². The summed E-state index contributed by atoms with van der Waals surface area (Å²) in [5, 5.41) is 19.9. The number of carbonyl (C=O) groups excluding carboxylic acids is 2. The summed E-state index contributed by atoms with van der Waals surface area (Å²) in [6.07, 6.45) is 9.72. The summed E-state index contributed by atoms with van der Waals surface area (Å²) < 4.78 is 0. The molecule has 2 aromatic carbocycles. The van der Waals surface area contributed by atoms with Crippen LogP contribution >= 0.6 is 0 Å². The molecule has 0 aromatic heterocycles. The number of aromatic hydroxyl groups is 2. The predicted molar refractivity (Wildman–Crippen MR) is 110 cm³/mol. The van der Waals surface area contributed by atoms with Gasteiger partial charge in [-0.15, -0.1) is 0 Å². The molecule has 1 aliphatic rings. The Hall–Kier alpha value is -2.88. The smallest absolute Gasteiger partial charge is 0.198 e. The Morgan fingerprint density at radius 2 is 1.36 bits per heavy atom. The van der Waals surface area contributed by atoms with Crippen molar-refractivity contribution in [3.8, 4) is 11.5 Å². The number of ketones is 2. The van der Waals surface area contributed by atoms with Crippen LogP contribution in [0.3, 0.4) is 0 Å². The van der Waals surface area contributed by atoms with E-state index in [0.717, 1.165) is 12.8 Å². The Labute approximate surface area is 165 Å². The summed E-state index contributed by atoms with van der Waals surface area (Å²) in [7, 11) is 0. The molecule has 28 heavy (non-hydrogen) atoms. The summed E-state index contributed by atoms with van der Waals surface area (Å²) in [4.78, 5) is 25.2. The molecule has 0 radical (unpaired) electrons. The molecule has 0 aliphatic heterocycles. The predicted octanol–water partition coefficient (Wildman–Crippen LogP) is 5.46. The number of allylic oxidation sites excluding steroid dienone is 2. The molecule has 0 saturated heterocycles. The number of hydrogen-bond acceptors (Lipinski definition) is 4. The Kier molecular flexibility index (Phi) is 6.30. The molecule has 0 amide bonds. The number of benzene rings is 2. The third kappa shape index (κ3) is 4.16. The summed E-state index contributed by atoms with van der Waals surface area (Å²) in [6.45, 7) is 2.21. The van der Waals surface area contributed by atoms with Crippen molar-refractivity contribution in [3.63, 3.8) is 0 Å². The summed E-state index contributed by atoms with van der Waals surface area (Å²) >= 11 is 0. The summed E-state index contributed by atoms with van der Waals surface area (Å²) in [5.41, 5.74) is 1.82. The Morgan fingerprint density at radius 3 is 2.04 bits per heavy atom. The average Bonchev–Trinajstić information content (AvgIpc) is 2.69. The summed E-state index contributed by atoms with van der Waals surface area (Å²) in [6, 6.07) is 10.1. The van der Waals surface area contributed by atoms with Gasteiger partial charge in [0.05, 0.1) is 11.1 Å². The number of Topliss-reactive ketones (excluding diaryl/α,β-unsaturated/α-hetero) is 1. The zero-order valence-electron chi connectivity index (χ0n) is 16.2. The molecule has 146 valence electrons. The number of unbranched alkanes of at least 4 members (excludes halogenated alkanes) is 5. The van der Waals surface area contributed by atoms with Crippen LogP contribution < -0.4 is 0 Å². The van der Waals surface area contributed by atoms with Gasteiger partial charge in [-0.05, 0) is 42.2 Å². The number of phenols is 2. The van der Waals surface area contributed by atoms with Crippen LogP contribution in [-0.4, -0.2) is 21.8 Å². The number of phenolic OH excluding ortho intramolecular Hbond substituents is 2. The molecule has 2 N–H and O–H groups in total. The highest BCUT2D eigenvalue weighted by molar-refractivity contribution is 6.39. The van der Waals surface area contributed by atoms with E-state index in [1.54, 1.807) is 0 Å². The Balaban J connectivity index is 1.71. The molecule has 0 atom stereocenters. The van der Waals surface area contributed by atoms with Crippen LogP contribution in [0.2, 0.25) is 0 Å². The van der Waals surface area contributed by atoms with E-state index in [1.807, 2.05) is 24.3 Å². The highest BCUT2D eigenvalue weighted by atomic mass is 16.3. The highest BCUT2D eigenvalue weighted by Gasteiger charge is 2.31. The lowest BCUT2D eigenvalue weighted by atomic mass is 9.85. The first-order chi connectivity index (χ1) is 13.5. The van der Waals surface area contributed by atoms with Gasteiger partial charge in [0, 0.05) is 5.57 Å². The van der Waals surface area contributed by atoms with Crippen molar-refractivity contribution in [2.45, 2.75) is 51.9 Å². The monoisotopic (exact) mass is 378 g/mol. The van der Waals surface area contributed by atoms with Gasteiger partial charge in [-0.2, -0.15) is 0 Å². The normalized spacial score (nSPS) is 13.4. The molecule has 0 unspecified atom stereocenters. The van der Waals surface area contributed by atoms with Gasteiger partial charge in [0.15, 0.2) is 11.6 Å². The van der Waals surface area contributed by atoms with Crippen molar-refractivity contribution < 1.29 is 19.8 Å². The lowest BCUT2D eigenvalue weighted by molar-refractivity contribution is 0.0996. The fraction of sp³-hybridized carbons (Fsp3) is 0.333. The van der Waals surface area contributed by atoms with Crippen molar-refractivity contribution in [2.75, 3.05) is 0 Å². The Bertz CT molecular complexity index is 907. The molecule has 0 heterocycles. The molecule has 0 saturated carbocycles. The fourth-order valence-electron chi connectivity index (χ4n) is 3.64. The van der Waals surface area contributed by atoms with Crippen LogP contribution in [-0.2, 0) is 6.42 Å². The van der Waals surface area contributed by atoms with Crippen molar-refractivity contribution in [1.82, 2.24) is 0 Å². The minimum atomic E-state index is -0.478. The molecule has 3 rings (SSSR count). The average molecular weight is 378 g/mol. The van der Waals surface area contributed by atoms with E-state index in [4.69, 9.17) is 0 Å². The van der Waals surface area contributed by atoms with Gasteiger partial charge < -0.3 is 10.2 Å². The third-order valence-electron chi connectivity index (χ3n) is 5.24. The van der Waals surface area contributed by atoms with Gasteiger partial charge in [-0.3, -0.25) is 9.59 Å². The van der Waals surface area contributed by atoms with Crippen LogP contribution in [0, 0.1) is 0 Å². The first-order valence-corrected chi connectivity index (χ1v) is 9.98. The number of hydrogen-bond donors (Lipinski definition) is 2. The molecule has 4 nitrogen and oxygen atoms in total. The molecular weight excluding hydrogens is 352 g/mol. The van der Waals surface area contributed by atoms with E-state index in [0.29, 0.717) is 5.56 Å². The van der Waals surface area contributed by atoms with Gasteiger partial charge in [0.2, 0.25) is 0 Å². The first kappa shape index (κ1) is 19.9. The number of rotatable bonds is 8. The second-order valence-corrected chi connectivity index (χ2v) is 7.32. The number of carbonyl (C=O) groups is 2. The molecule has 2 aromatic rings. The minimum Gasteiger partial charge on any atom is -0.507 e. The maximum atomic E-state index is 12.8. The van der Waals surface area contributed by atoms with Crippen molar-refractivity contribution in [2.24, 2.45) is 0 Å². The summed E-state index contributed by atoms with van der Waals surface area (Å²) in [5.74, 6) is -1.52. The van der Waals surface area contributed by atoms with E-state index in [2.05, 4.69) is 6.92 Å². The van der Waals surface area contributed by atoms with Gasteiger partial charge in [-0.1, -0.05) is 63.3 Å². The first-order valence-electron chi connectivity index (χ1n) is 9.98. The highest BCUT2D eigenvalue weighted by Crippen LogP contribution is 2.37. The quantitative estimate of drug-likeness (QED) is 0.472. The van der Waals surface area contributed by atoms with Crippen LogP contribution in [0.4, 0.5) is 0 Å². The van der Waals surface area contributed by atoms with E-state index in [1.165, 1.54) is 55.9 Å². The zero-order valence-corrected chi connectivity index (χ0v) is 16.2. The van der Waals surface area contributed by atoms with Gasteiger partial charge in [0.25, 0.3) is 0 Å². The Morgan fingerprint density at radius 1 is 0.750 bits per heavy atom. The minimum absolute atomic E-state index is 0.126. The van der Waals surface area contributed by atoms with Crippen molar-refractivity contribution in [1.29, 1.82) is 0 Å². The van der Waals surface area contributed by atoms with Crippen LogP contribution in [0.5, 0.6) is 11.5 Å². The third-order valence-corrected chi connectivity index (χ3v) is 5.24. The fourth-order valence-corrected chi connectivity index (χ4v) is 3.64.